The number of aliphatic carboxylic acids is 1. The van der Waals surface area contributed by atoms with Gasteiger partial charge in [-0.05, 0) is 48.9 Å². The van der Waals surface area contributed by atoms with Crippen molar-refractivity contribution in [2.24, 2.45) is 0 Å². The average Bonchev–Trinajstić information content (AvgIpc) is 3.12. The average molecular weight is 481 g/mol. The molecule has 0 bridgehead atoms. The number of benzene rings is 2. The normalized spacial score (nSPS) is 10.8. The third-order valence-corrected chi connectivity index (χ3v) is 5.51. The number of nitrogens with zero attached hydrogens (tertiary/aromatic N) is 3. The van der Waals surface area contributed by atoms with Crippen LogP contribution in [0.4, 0.5) is 5.69 Å². The van der Waals surface area contributed by atoms with Crippen molar-refractivity contribution in [1.82, 2.24) is 14.8 Å². The van der Waals surface area contributed by atoms with Crippen molar-refractivity contribution in [1.29, 1.82) is 0 Å². The molecule has 0 aliphatic heterocycles. The molecule has 9 heteroatoms. The zero-order valence-corrected chi connectivity index (χ0v) is 18.9. The Balaban J connectivity index is 1.73. The third kappa shape index (κ3) is 4.89. The SMILES string of the molecule is Cc1c(C(=O)Nc2ccc(CC(=O)O)cc2)nn(-c2ncccc2Cl)c1-c1ccc(Cl)cc1. The van der Waals surface area contributed by atoms with Crippen molar-refractivity contribution in [3.05, 3.63) is 93.7 Å². The summed E-state index contributed by atoms with van der Waals surface area (Å²) in [7, 11) is 0. The van der Waals surface area contributed by atoms with Gasteiger partial charge in [0, 0.05) is 28.0 Å². The van der Waals surface area contributed by atoms with Gasteiger partial charge >= 0.3 is 5.97 Å². The molecule has 0 radical (unpaired) electrons. The standard InChI is InChI=1S/C24H18Cl2N4O3/c1-14-21(24(33)28-18-10-4-15(5-11-18)13-20(31)32)29-30(23-19(26)3-2-12-27-23)22(14)16-6-8-17(25)9-7-16/h2-12H,13H2,1H3,(H,28,33)(H,31,32). The van der Waals surface area contributed by atoms with Gasteiger partial charge in [0.1, 0.15) is 0 Å². The summed E-state index contributed by atoms with van der Waals surface area (Å²) in [4.78, 5) is 28.3. The number of pyridine rings is 1. The van der Waals surface area contributed by atoms with Crippen molar-refractivity contribution < 1.29 is 14.7 Å². The number of amides is 1. The van der Waals surface area contributed by atoms with Crippen molar-refractivity contribution in [2.75, 3.05) is 5.32 Å². The number of halogens is 2. The molecule has 0 saturated heterocycles. The van der Waals surface area contributed by atoms with Crippen LogP contribution in [0, 0.1) is 6.92 Å². The predicted octanol–water partition coefficient (Wildman–Crippen LogP) is 5.43. The summed E-state index contributed by atoms with van der Waals surface area (Å²) < 4.78 is 1.55. The second-order valence-corrected chi connectivity index (χ2v) is 8.11. The largest absolute Gasteiger partial charge is 0.481 e. The van der Waals surface area contributed by atoms with Gasteiger partial charge in [-0.3, -0.25) is 9.59 Å². The van der Waals surface area contributed by atoms with Gasteiger partial charge in [-0.15, -0.1) is 0 Å². The molecule has 0 fully saturated rings. The van der Waals surface area contributed by atoms with Crippen molar-refractivity contribution >= 4 is 40.8 Å². The Labute approximate surface area is 199 Å². The van der Waals surface area contributed by atoms with Crippen LogP contribution in [0.25, 0.3) is 17.1 Å². The summed E-state index contributed by atoms with van der Waals surface area (Å²) in [5.41, 5.74) is 3.45. The summed E-state index contributed by atoms with van der Waals surface area (Å²) in [5, 5.41) is 17.2. The second-order valence-electron chi connectivity index (χ2n) is 7.27. The molecular weight excluding hydrogens is 463 g/mol. The van der Waals surface area contributed by atoms with Crippen molar-refractivity contribution in [3.8, 4) is 17.1 Å². The van der Waals surface area contributed by atoms with Crippen LogP contribution >= 0.6 is 23.2 Å². The van der Waals surface area contributed by atoms with Gasteiger partial charge in [0.15, 0.2) is 11.5 Å². The van der Waals surface area contributed by atoms with Crippen molar-refractivity contribution in [2.45, 2.75) is 13.3 Å². The van der Waals surface area contributed by atoms with Crippen LogP contribution in [0.3, 0.4) is 0 Å². The molecule has 4 aromatic rings. The van der Waals surface area contributed by atoms with Crippen LogP contribution in [-0.4, -0.2) is 31.7 Å². The van der Waals surface area contributed by atoms with E-state index in [-0.39, 0.29) is 12.1 Å². The molecule has 0 aliphatic carbocycles. The van der Waals surface area contributed by atoms with E-state index < -0.39 is 11.9 Å². The lowest BCUT2D eigenvalue weighted by Crippen LogP contribution is -2.14. The molecule has 7 nitrogen and oxygen atoms in total. The molecule has 33 heavy (non-hydrogen) atoms. The number of carbonyl (C=O) groups excluding carboxylic acids is 1. The summed E-state index contributed by atoms with van der Waals surface area (Å²) in [6.07, 6.45) is 1.51. The fourth-order valence-electron chi connectivity index (χ4n) is 3.42. The first-order valence-electron chi connectivity index (χ1n) is 9.92. The number of hydrogen-bond acceptors (Lipinski definition) is 4. The van der Waals surface area contributed by atoms with E-state index in [1.807, 2.05) is 12.1 Å². The quantitative estimate of drug-likeness (QED) is 0.383. The first-order chi connectivity index (χ1) is 15.8. The van der Waals surface area contributed by atoms with Crippen LogP contribution in [0.5, 0.6) is 0 Å². The lowest BCUT2D eigenvalue weighted by molar-refractivity contribution is -0.136. The molecule has 0 saturated carbocycles. The highest BCUT2D eigenvalue weighted by molar-refractivity contribution is 6.32. The van der Waals surface area contributed by atoms with E-state index in [0.29, 0.717) is 38.4 Å². The van der Waals surface area contributed by atoms with E-state index in [9.17, 15) is 9.59 Å². The highest BCUT2D eigenvalue weighted by Gasteiger charge is 2.23. The first-order valence-corrected chi connectivity index (χ1v) is 10.7. The molecule has 0 atom stereocenters. The highest BCUT2D eigenvalue weighted by atomic mass is 35.5. The van der Waals surface area contributed by atoms with Crippen molar-refractivity contribution in [3.63, 3.8) is 0 Å². The third-order valence-electron chi connectivity index (χ3n) is 4.96. The Bertz CT molecular complexity index is 1330. The Kier molecular flexibility index (Phi) is 6.44. The Morgan fingerprint density at radius 2 is 1.73 bits per heavy atom. The fraction of sp³-hybridized carbons (Fsp3) is 0.0833. The summed E-state index contributed by atoms with van der Waals surface area (Å²) in [6, 6.07) is 17.2. The molecular formula is C24H18Cl2N4O3. The van der Waals surface area contributed by atoms with E-state index in [0.717, 1.165) is 5.56 Å². The molecule has 2 N–H and O–H groups in total. The van der Waals surface area contributed by atoms with E-state index >= 15 is 0 Å². The fourth-order valence-corrected chi connectivity index (χ4v) is 3.74. The molecule has 0 spiro atoms. The minimum atomic E-state index is -0.920. The van der Waals surface area contributed by atoms with Crippen LogP contribution < -0.4 is 5.32 Å². The summed E-state index contributed by atoms with van der Waals surface area (Å²) in [5.74, 6) is -0.945. The number of rotatable bonds is 6. The molecule has 0 aliphatic rings. The number of carboxylic acids is 1. The Morgan fingerprint density at radius 1 is 1.03 bits per heavy atom. The van der Waals surface area contributed by atoms with E-state index in [4.69, 9.17) is 28.3 Å². The van der Waals surface area contributed by atoms with Crippen LogP contribution in [-0.2, 0) is 11.2 Å². The smallest absolute Gasteiger partial charge is 0.307 e. The zero-order valence-electron chi connectivity index (χ0n) is 17.4. The lowest BCUT2D eigenvalue weighted by atomic mass is 10.1. The second kappa shape index (κ2) is 9.44. The minimum Gasteiger partial charge on any atom is -0.481 e. The Hall–Kier alpha value is -3.68. The van der Waals surface area contributed by atoms with Gasteiger partial charge in [0.2, 0.25) is 0 Å². The maximum Gasteiger partial charge on any atom is 0.307 e. The highest BCUT2D eigenvalue weighted by Crippen LogP contribution is 2.31. The summed E-state index contributed by atoms with van der Waals surface area (Å²) in [6.45, 7) is 1.80. The van der Waals surface area contributed by atoms with Gasteiger partial charge in [-0.25, -0.2) is 9.67 Å². The molecule has 2 aromatic carbocycles. The predicted molar refractivity (Wildman–Crippen MR) is 127 cm³/mol. The van der Waals surface area contributed by atoms with Gasteiger partial charge in [-0.2, -0.15) is 5.10 Å². The van der Waals surface area contributed by atoms with Crippen LogP contribution in [0.15, 0.2) is 66.9 Å². The van der Waals surface area contributed by atoms with Gasteiger partial charge < -0.3 is 10.4 Å². The number of carboxylic acid groups (broad SMARTS) is 1. The molecule has 1 amide bonds. The van der Waals surface area contributed by atoms with E-state index in [1.54, 1.807) is 66.3 Å². The maximum absolute atomic E-state index is 13.1. The number of nitrogens with one attached hydrogen (secondary N) is 1. The topological polar surface area (TPSA) is 97.1 Å². The Morgan fingerprint density at radius 3 is 2.36 bits per heavy atom. The number of carbonyl (C=O) groups is 2. The minimum absolute atomic E-state index is 0.0903. The maximum atomic E-state index is 13.1. The lowest BCUT2D eigenvalue weighted by Gasteiger charge is -2.09. The molecule has 2 aromatic heterocycles. The number of aromatic nitrogens is 3. The molecule has 166 valence electrons. The van der Waals surface area contributed by atoms with Gasteiger partial charge in [-0.1, -0.05) is 47.5 Å². The molecule has 2 heterocycles. The van der Waals surface area contributed by atoms with Gasteiger partial charge in [0.25, 0.3) is 5.91 Å². The van der Waals surface area contributed by atoms with E-state index in [1.165, 1.54) is 0 Å². The summed E-state index contributed by atoms with van der Waals surface area (Å²) >= 11 is 12.4. The number of anilines is 1. The van der Waals surface area contributed by atoms with Crippen LogP contribution in [0.1, 0.15) is 21.6 Å². The molecule has 0 unspecified atom stereocenters. The van der Waals surface area contributed by atoms with Gasteiger partial charge in [0.05, 0.1) is 17.1 Å². The van der Waals surface area contributed by atoms with Crippen LogP contribution in [0.2, 0.25) is 10.0 Å². The zero-order chi connectivity index (χ0) is 23.5. The number of hydrogen-bond donors (Lipinski definition) is 2. The first kappa shape index (κ1) is 22.5. The molecule has 4 rings (SSSR count). The van der Waals surface area contributed by atoms with E-state index in [2.05, 4.69) is 15.4 Å². The monoisotopic (exact) mass is 480 g/mol.